The number of piperazine rings is 1. The average Bonchev–Trinajstić information content (AvgIpc) is 3.11. The minimum Gasteiger partial charge on any atom is -0.497 e. The van der Waals surface area contributed by atoms with E-state index in [1.54, 1.807) is 24.3 Å². The van der Waals surface area contributed by atoms with Crippen LogP contribution in [0.3, 0.4) is 0 Å². The van der Waals surface area contributed by atoms with Crippen molar-refractivity contribution in [1.82, 2.24) is 24.1 Å². The van der Waals surface area contributed by atoms with E-state index >= 15 is 0 Å². The lowest BCUT2D eigenvalue weighted by Gasteiger charge is -2.33. The quantitative estimate of drug-likeness (QED) is 0.156. The van der Waals surface area contributed by atoms with E-state index in [0.29, 0.717) is 11.8 Å². The molecule has 1 aliphatic heterocycles. The van der Waals surface area contributed by atoms with Gasteiger partial charge in [-0.25, -0.2) is 26.6 Å². The molecular weight excluding hydrogens is 721 g/mol. The van der Waals surface area contributed by atoms with Crippen molar-refractivity contribution in [3.8, 4) is 11.4 Å². The first-order valence-electron chi connectivity index (χ1n) is 15.9. The molecule has 274 valence electrons. The Morgan fingerprint density at radius 2 is 1.62 bits per heavy atom. The van der Waals surface area contributed by atoms with E-state index in [2.05, 4.69) is 10.3 Å². The Labute approximate surface area is 299 Å². The van der Waals surface area contributed by atoms with Gasteiger partial charge in [0.15, 0.2) is 0 Å². The SMILES string of the molecule is COc1ccc(-n2c([C@H](Cc3cc(F)cc(F)c3)NC(=O)CN3CCN(S(=O)(=O)c4ccc([N+](=O)[O-])cc4)CC3=O)nc3cc(F)ccc3c2=O)cc1. The minimum atomic E-state index is -4.22. The molecule has 0 bridgehead atoms. The third kappa shape index (κ3) is 7.87. The maximum absolute atomic E-state index is 14.4. The van der Waals surface area contributed by atoms with Crippen LogP contribution in [-0.4, -0.2) is 77.2 Å². The van der Waals surface area contributed by atoms with Crippen LogP contribution in [0.2, 0.25) is 0 Å². The van der Waals surface area contributed by atoms with Crippen molar-refractivity contribution in [3.63, 3.8) is 0 Å². The topological polar surface area (TPSA) is 174 Å². The van der Waals surface area contributed by atoms with Crippen LogP contribution in [0.1, 0.15) is 17.4 Å². The van der Waals surface area contributed by atoms with Gasteiger partial charge in [-0.3, -0.25) is 29.1 Å². The van der Waals surface area contributed by atoms with Crippen molar-refractivity contribution in [2.45, 2.75) is 17.4 Å². The maximum atomic E-state index is 14.4. The Morgan fingerprint density at radius 1 is 0.943 bits per heavy atom. The summed E-state index contributed by atoms with van der Waals surface area (Å²) in [6, 6.07) is 15.2. The van der Waals surface area contributed by atoms with Crippen LogP contribution < -0.4 is 15.6 Å². The monoisotopic (exact) mass is 750 g/mol. The fourth-order valence-corrected chi connectivity index (χ4v) is 7.30. The molecule has 1 N–H and O–H groups in total. The number of nitro benzene ring substituents is 1. The molecule has 1 atom stereocenters. The van der Waals surface area contributed by atoms with Crippen molar-refractivity contribution in [2.24, 2.45) is 0 Å². The van der Waals surface area contributed by atoms with Gasteiger partial charge < -0.3 is 15.0 Å². The lowest BCUT2D eigenvalue weighted by Crippen LogP contribution is -2.54. The van der Waals surface area contributed by atoms with Gasteiger partial charge >= 0.3 is 0 Å². The highest BCUT2D eigenvalue weighted by Gasteiger charge is 2.34. The van der Waals surface area contributed by atoms with Crippen LogP contribution in [0, 0.1) is 27.6 Å². The molecule has 18 heteroatoms. The minimum absolute atomic E-state index is 0.0417. The maximum Gasteiger partial charge on any atom is 0.269 e. The zero-order valence-corrected chi connectivity index (χ0v) is 28.6. The highest BCUT2D eigenvalue weighted by molar-refractivity contribution is 7.89. The van der Waals surface area contributed by atoms with Gasteiger partial charge in [-0.05, 0) is 66.2 Å². The van der Waals surface area contributed by atoms with Crippen LogP contribution in [0.25, 0.3) is 16.6 Å². The molecule has 5 aromatic rings. The van der Waals surface area contributed by atoms with Gasteiger partial charge in [-0.2, -0.15) is 4.31 Å². The summed E-state index contributed by atoms with van der Waals surface area (Å²) >= 11 is 0. The van der Waals surface area contributed by atoms with Crippen molar-refractivity contribution < 1.29 is 40.8 Å². The van der Waals surface area contributed by atoms with Gasteiger partial charge in [-0.1, -0.05) is 0 Å². The molecule has 2 amide bonds. The van der Waals surface area contributed by atoms with Gasteiger partial charge in [0.1, 0.15) is 29.0 Å². The number of carbonyl (C=O) groups is 2. The Hall–Kier alpha value is -6.14. The Morgan fingerprint density at radius 3 is 2.25 bits per heavy atom. The number of non-ortho nitro benzene ring substituents is 1. The fraction of sp³-hybridized carbons (Fsp3) is 0.200. The van der Waals surface area contributed by atoms with E-state index in [1.165, 1.54) is 17.7 Å². The summed E-state index contributed by atoms with van der Waals surface area (Å²) in [4.78, 5) is 56.5. The molecule has 0 spiro atoms. The van der Waals surface area contributed by atoms with Crippen LogP contribution in [0.15, 0.2) is 94.6 Å². The third-order valence-electron chi connectivity index (χ3n) is 8.50. The Bertz CT molecular complexity index is 2390. The summed E-state index contributed by atoms with van der Waals surface area (Å²) in [5, 5.41) is 13.7. The lowest BCUT2D eigenvalue weighted by molar-refractivity contribution is -0.384. The van der Waals surface area contributed by atoms with Crippen molar-refractivity contribution in [3.05, 3.63) is 134 Å². The molecule has 1 fully saturated rings. The summed E-state index contributed by atoms with van der Waals surface area (Å²) in [7, 11) is -2.77. The average molecular weight is 751 g/mol. The number of hydrogen-bond acceptors (Lipinski definition) is 9. The number of aromatic nitrogens is 2. The molecule has 14 nitrogen and oxygen atoms in total. The number of benzene rings is 4. The second kappa shape index (κ2) is 14.8. The van der Waals surface area contributed by atoms with Crippen LogP contribution in [0.4, 0.5) is 18.9 Å². The predicted molar refractivity (Wildman–Crippen MR) is 183 cm³/mol. The van der Waals surface area contributed by atoms with Crippen LogP contribution in [-0.2, 0) is 26.0 Å². The largest absolute Gasteiger partial charge is 0.497 e. The van der Waals surface area contributed by atoms with E-state index in [-0.39, 0.29) is 58.1 Å². The standard InChI is InChI=1S/C35H29F3N6O8S/c1-52-27-7-3-25(4-8-27)43-34(40-30-18-22(36)2-11-29(30)35(43)47)31(16-21-14-23(37)17-24(38)15-21)39-32(45)19-41-12-13-42(20-33(41)46)53(50,51)28-9-5-26(6-10-28)44(48)49/h2-11,14-15,17-18,31H,12-13,16,19-20H2,1H3,(H,39,45)/t31-/m0/s1. The van der Waals surface area contributed by atoms with Gasteiger partial charge in [0.25, 0.3) is 11.2 Å². The zero-order chi connectivity index (χ0) is 38.0. The number of halogens is 3. The molecule has 1 aromatic heterocycles. The van der Waals surface area contributed by atoms with E-state index < -0.39 is 68.9 Å². The summed E-state index contributed by atoms with van der Waals surface area (Å²) < 4.78 is 76.7. The third-order valence-corrected chi connectivity index (χ3v) is 10.4. The van der Waals surface area contributed by atoms with E-state index in [4.69, 9.17) is 4.74 Å². The fourth-order valence-electron chi connectivity index (χ4n) is 5.92. The van der Waals surface area contributed by atoms with Gasteiger partial charge in [0.2, 0.25) is 21.8 Å². The zero-order valence-electron chi connectivity index (χ0n) is 27.7. The normalized spacial score (nSPS) is 14.3. The second-order valence-electron chi connectivity index (χ2n) is 12.0. The summed E-state index contributed by atoms with van der Waals surface area (Å²) in [6.07, 6.45) is -0.307. The molecule has 0 aliphatic carbocycles. The number of nitro groups is 1. The number of amides is 2. The summed E-state index contributed by atoms with van der Waals surface area (Å²) in [5.74, 6) is -3.68. The first kappa shape index (κ1) is 36.6. The van der Waals surface area contributed by atoms with Crippen molar-refractivity contribution >= 4 is 38.4 Å². The highest BCUT2D eigenvalue weighted by Crippen LogP contribution is 2.25. The van der Waals surface area contributed by atoms with Gasteiger partial charge in [0.05, 0.1) is 52.7 Å². The number of nitrogens with zero attached hydrogens (tertiary/aromatic N) is 5. The first-order chi connectivity index (χ1) is 25.2. The number of carbonyl (C=O) groups excluding carboxylic acids is 2. The summed E-state index contributed by atoms with van der Waals surface area (Å²) in [6.45, 7) is -1.62. The number of sulfonamides is 1. The molecule has 2 heterocycles. The highest BCUT2D eigenvalue weighted by atomic mass is 32.2. The number of hydrogen-bond donors (Lipinski definition) is 1. The molecule has 4 aromatic carbocycles. The van der Waals surface area contributed by atoms with E-state index in [0.717, 1.165) is 57.7 Å². The number of methoxy groups -OCH3 is 1. The second-order valence-corrected chi connectivity index (χ2v) is 13.9. The molecule has 53 heavy (non-hydrogen) atoms. The van der Waals surface area contributed by atoms with Crippen LogP contribution in [0.5, 0.6) is 5.75 Å². The molecule has 6 rings (SSSR count). The number of ether oxygens (including phenoxy) is 1. The molecule has 0 radical (unpaired) electrons. The number of nitrogens with one attached hydrogen (secondary N) is 1. The van der Waals surface area contributed by atoms with E-state index in [9.17, 15) is 46.1 Å². The van der Waals surface area contributed by atoms with Gasteiger partial charge in [0, 0.05) is 43.8 Å². The first-order valence-corrected chi connectivity index (χ1v) is 17.3. The molecule has 0 unspecified atom stereocenters. The van der Waals surface area contributed by atoms with Crippen molar-refractivity contribution in [2.75, 3.05) is 33.3 Å². The molecule has 1 saturated heterocycles. The van der Waals surface area contributed by atoms with Gasteiger partial charge in [-0.15, -0.1) is 0 Å². The number of fused-ring (bicyclic) bond motifs is 1. The number of rotatable bonds is 11. The smallest absolute Gasteiger partial charge is 0.269 e. The predicted octanol–water partition coefficient (Wildman–Crippen LogP) is 3.65. The van der Waals surface area contributed by atoms with Crippen LogP contribution >= 0.6 is 0 Å². The molecular formula is C35H29F3N6O8S. The van der Waals surface area contributed by atoms with E-state index in [1.807, 2.05) is 0 Å². The molecule has 0 saturated carbocycles. The summed E-state index contributed by atoms with van der Waals surface area (Å²) in [5.41, 5.74) is -0.664. The molecule has 1 aliphatic rings. The Kier molecular flexibility index (Phi) is 10.3. The van der Waals surface area contributed by atoms with Crippen molar-refractivity contribution in [1.29, 1.82) is 0 Å². The Balaban J connectivity index is 1.31. The lowest BCUT2D eigenvalue weighted by atomic mass is 10.0.